The predicted molar refractivity (Wildman–Crippen MR) is 94.5 cm³/mol. The molecule has 0 aliphatic rings. The molecule has 1 nitrogen and oxygen atoms in total. The lowest BCUT2D eigenvalue weighted by molar-refractivity contribution is 0.694. The summed E-state index contributed by atoms with van der Waals surface area (Å²) in [7, 11) is 0. The fourth-order valence-electron chi connectivity index (χ4n) is 2.14. The second-order valence-electron chi connectivity index (χ2n) is 4.83. The smallest absolute Gasteiger partial charge is 0.0406 e. The van der Waals surface area contributed by atoms with Crippen LogP contribution in [0.5, 0.6) is 0 Å². The highest BCUT2D eigenvalue weighted by atomic mass is 35.5. The van der Waals surface area contributed by atoms with Gasteiger partial charge in [0.25, 0.3) is 0 Å². The average molecular weight is 334 g/mol. The summed E-state index contributed by atoms with van der Waals surface area (Å²) < 4.78 is 0. The zero-order valence-corrected chi connectivity index (χ0v) is 13.9. The zero-order valence-electron chi connectivity index (χ0n) is 11.5. The molecule has 2 heterocycles. The molecular weight excluding hydrogens is 318 g/mol. The molecule has 1 aromatic carbocycles. The summed E-state index contributed by atoms with van der Waals surface area (Å²) in [6.45, 7) is 1.91. The summed E-state index contributed by atoms with van der Waals surface area (Å²) in [5, 5.41) is 8.66. The van der Waals surface area contributed by atoms with E-state index in [2.05, 4.69) is 46.4 Å². The Morgan fingerprint density at radius 1 is 1.05 bits per heavy atom. The van der Waals surface area contributed by atoms with Crippen molar-refractivity contribution >= 4 is 34.3 Å². The van der Waals surface area contributed by atoms with E-state index in [0.29, 0.717) is 0 Å². The quantitative estimate of drug-likeness (QED) is 0.590. The van der Waals surface area contributed by atoms with Gasteiger partial charge < -0.3 is 5.32 Å². The Kier molecular flexibility index (Phi) is 5.09. The molecule has 3 aromatic rings. The van der Waals surface area contributed by atoms with Gasteiger partial charge in [0.05, 0.1) is 0 Å². The minimum atomic E-state index is 0.798. The van der Waals surface area contributed by atoms with Gasteiger partial charge in [-0.15, -0.1) is 22.7 Å². The second kappa shape index (κ2) is 7.23. The van der Waals surface area contributed by atoms with Crippen LogP contribution < -0.4 is 5.32 Å². The molecule has 0 bridgehead atoms. The zero-order chi connectivity index (χ0) is 14.5. The summed E-state index contributed by atoms with van der Waals surface area (Å²) in [5.41, 5.74) is 2.65. The molecular formula is C17H16ClNS2. The molecule has 0 aliphatic carbocycles. The molecule has 0 saturated heterocycles. The maximum atomic E-state index is 5.88. The van der Waals surface area contributed by atoms with Gasteiger partial charge in [-0.1, -0.05) is 29.8 Å². The predicted octanol–water partition coefficient (Wildman–Crippen LogP) is 5.46. The van der Waals surface area contributed by atoms with Gasteiger partial charge in [0.15, 0.2) is 0 Å². The second-order valence-corrected chi connectivity index (χ2v) is 7.21. The third-order valence-corrected chi connectivity index (χ3v) is 5.37. The summed E-state index contributed by atoms with van der Waals surface area (Å²) in [4.78, 5) is 2.73. The van der Waals surface area contributed by atoms with Gasteiger partial charge in [-0.3, -0.25) is 0 Å². The van der Waals surface area contributed by atoms with Crippen molar-refractivity contribution in [3.63, 3.8) is 0 Å². The van der Waals surface area contributed by atoms with Crippen LogP contribution in [0.4, 0.5) is 0 Å². The van der Waals surface area contributed by atoms with Crippen molar-refractivity contribution < 1.29 is 0 Å². The molecule has 108 valence electrons. The summed E-state index contributed by atoms with van der Waals surface area (Å²) in [6.07, 6.45) is 1.03. The Balaban J connectivity index is 1.46. The Labute approximate surface area is 138 Å². The van der Waals surface area contributed by atoms with Crippen molar-refractivity contribution in [3.8, 4) is 10.4 Å². The van der Waals surface area contributed by atoms with Crippen molar-refractivity contribution in [2.24, 2.45) is 0 Å². The Morgan fingerprint density at radius 3 is 2.67 bits per heavy atom. The first-order chi connectivity index (χ1) is 10.3. The highest BCUT2D eigenvalue weighted by Crippen LogP contribution is 2.29. The van der Waals surface area contributed by atoms with E-state index < -0.39 is 0 Å². The highest BCUT2D eigenvalue weighted by molar-refractivity contribution is 7.14. The van der Waals surface area contributed by atoms with E-state index in [0.717, 1.165) is 24.5 Å². The third kappa shape index (κ3) is 4.17. The van der Waals surface area contributed by atoms with E-state index in [1.165, 1.54) is 20.9 Å². The van der Waals surface area contributed by atoms with E-state index in [1.54, 1.807) is 11.3 Å². The first-order valence-corrected chi connectivity index (χ1v) is 9.01. The van der Waals surface area contributed by atoms with Crippen molar-refractivity contribution in [2.75, 3.05) is 6.54 Å². The molecule has 0 aliphatic heterocycles. The average Bonchev–Trinajstić information content (AvgIpc) is 3.16. The maximum Gasteiger partial charge on any atom is 0.0406 e. The number of thiophene rings is 2. The van der Waals surface area contributed by atoms with Crippen LogP contribution in [0.1, 0.15) is 10.4 Å². The largest absolute Gasteiger partial charge is 0.312 e. The van der Waals surface area contributed by atoms with Crippen LogP contribution >= 0.6 is 34.3 Å². The lowest BCUT2D eigenvalue weighted by Crippen LogP contribution is -2.15. The van der Waals surface area contributed by atoms with Crippen LogP contribution in [-0.2, 0) is 13.0 Å². The van der Waals surface area contributed by atoms with E-state index in [9.17, 15) is 0 Å². The minimum absolute atomic E-state index is 0.798. The van der Waals surface area contributed by atoms with Gasteiger partial charge in [0.2, 0.25) is 0 Å². The number of hydrogen-bond donors (Lipinski definition) is 1. The summed E-state index contributed by atoms with van der Waals surface area (Å²) in [5.74, 6) is 0. The Bertz CT molecular complexity index is 671. The van der Waals surface area contributed by atoms with Crippen LogP contribution in [0.2, 0.25) is 5.02 Å². The van der Waals surface area contributed by atoms with Gasteiger partial charge >= 0.3 is 0 Å². The van der Waals surface area contributed by atoms with E-state index in [1.807, 2.05) is 23.5 Å². The molecule has 21 heavy (non-hydrogen) atoms. The molecule has 3 rings (SSSR count). The molecule has 1 N–H and O–H groups in total. The van der Waals surface area contributed by atoms with Gasteiger partial charge in [-0.05, 0) is 53.6 Å². The molecule has 2 aromatic heterocycles. The summed E-state index contributed by atoms with van der Waals surface area (Å²) in [6, 6.07) is 14.6. The van der Waals surface area contributed by atoms with Crippen molar-refractivity contribution in [3.05, 3.63) is 68.7 Å². The standard InChI is InChI=1S/C17H16ClNS2/c18-15-5-3-13(4-6-15)7-8-19-11-16-10-14(12-21-16)17-2-1-9-20-17/h1-6,9-10,12,19H,7-8,11H2. The van der Waals surface area contributed by atoms with Crippen LogP contribution in [0, 0.1) is 0 Å². The number of benzene rings is 1. The topological polar surface area (TPSA) is 12.0 Å². The Morgan fingerprint density at radius 2 is 1.90 bits per heavy atom. The van der Waals surface area contributed by atoms with Crippen molar-refractivity contribution in [1.29, 1.82) is 0 Å². The lowest BCUT2D eigenvalue weighted by Gasteiger charge is -2.03. The first kappa shape index (κ1) is 14.8. The fourth-order valence-corrected chi connectivity index (χ4v) is 3.91. The monoisotopic (exact) mass is 333 g/mol. The van der Waals surface area contributed by atoms with Gasteiger partial charge in [-0.2, -0.15) is 0 Å². The van der Waals surface area contributed by atoms with Crippen LogP contribution in [0.25, 0.3) is 10.4 Å². The third-order valence-electron chi connectivity index (χ3n) is 3.26. The molecule has 0 radical (unpaired) electrons. The van der Waals surface area contributed by atoms with E-state index in [4.69, 9.17) is 11.6 Å². The van der Waals surface area contributed by atoms with Crippen LogP contribution in [0.3, 0.4) is 0 Å². The maximum absolute atomic E-state index is 5.88. The highest BCUT2D eigenvalue weighted by Gasteiger charge is 2.03. The molecule has 0 spiro atoms. The van der Waals surface area contributed by atoms with Gasteiger partial charge in [-0.25, -0.2) is 0 Å². The molecule has 0 atom stereocenters. The first-order valence-electron chi connectivity index (χ1n) is 6.88. The van der Waals surface area contributed by atoms with Gasteiger partial charge in [0, 0.05) is 26.9 Å². The van der Waals surface area contributed by atoms with E-state index >= 15 is 0 Å². The lowest BCUT2D eigenvalue weighted by atomic mass is 10.1. The molecule has 0 saturated carbocycles. The number of hydrogen-bond acceptors (Lipinski definition) is 3. The SMILES string of the molecule is Clc1ccc(CCNCc2cc(-c3cccs3)cs2)cc1. The molecule has 0 unspecified atom stereocenters. The number of rotatable bonds is 6. The van der Waals surface area contributed by atoms with Crippen LogP contribution in [-0.4, -0.2) is 6.54 Å². The molecule has 0 fully saturated rings. The summed E-state index contributed by atoms with van der Waals surface area (Å²) >= 11 is 9.50. The fraction of sp³-hybridized carbons (Fsp3) is 0.176. The normalized spacial score (nSPS) is 10.9. The molecule has 0 amide bonds. The minimum Gasteiger partial charge on any atom is -0.312 e. The van der Waals surface area contributed by atoms with Crippen LogP contribution in [0.15, 0.2) is 53.2 Å². The van der Waals surface area contributed by atoms with Gasteiger partial charge in [0.1, 0.15) is 0 Å². The number of nitrogens with one attached hydrogen (secondary N) is 1. The number of halogens is 1. The van der Waals surface area contributed by atoms with Crippen molar-refractivity contribution in [1.82, 2.24) is 5.32 Å². The Hall–Kier alpha value is -1.13. The van der Waals surface area contributed by atoms with E-state index in [-0.39, 0.29) is 0 Å². The molecule has 4 heteroatoms. The van der Waals surface area contributed by atoms with Crippen molar-refractivity contribution in [2.45, 2.75) is 13.0 Å².